The van der Waals surface area contributed by atoms with E-state index < -0.39 is 23.8 Å². The summed E-state index contributed by atoms with van der Waals surface area (Å²) in [4.78, 5) is 21.4. The average Bonchev–Trinajstić information content (AvgIpc) is 2.77. The van der Waals surface area contributed by atoms with E-state index in [4.69, 9.17) is 0 Å². The number of nitrogens with zero attached hydrogens (tertiary/aromatic N) is 2. The van der Waals surface area contributed by atoms with Crippen molar-refractivity contribution in [3.8, 4) is 5.75 Å². The Labute approximate surface area is 180 Å². The minimum Gasteiger partial charge on any atom is -0.406 e. The van der Waals surface area contributed by atoms with Gasteiger partial charge in [0, 0.05) is 35.7 Å². The summed E-state index contributed by atoms with van der Waals surface area (Å²) in [5.41, 5.74) is 1.51. The molecule has 0 aliphatic rings. The number of pyridine rings is 2. The number of alkyl halides is 3. The Balaban J connectivity index is 1.66. The molecule has 8 heteroatoms. The molecule has 2 heterocycles. The Morgan fingerprint density at radius 2 is 1.66 bits per heavy atom. The fraction of sp³-hybridized carbons (Fsp3) is 0.125. The van der Waals surface area contributed by atoms with Gasteiger partial charge in [-0.05, 0) is 42.0 Å². The lowest BCUT2D eigenvalue weighted by molar-refractivity contribution is -0.274. The van der Waals surface area contributed by atoms with Gasteiger partial charge in [0.2, 0.25) is 0 Å². The zero-order chi connectivity index (χ0) is 22.7. The molecule has 0 aliphatic carbocycles. The first-order valence-electron chi connectivity index (χ1n) is 9.64. The zero-order valence-corrected chi connectivity index (χ0v) is 16.5. The normalized spacial score (nSPS) is 12.5. The molecule has 4 nitrogen and oxygen atoms in total. The van der Waals surface area contributed by atoms with Gasteiger partial charge in [-0.2, -0.15) is 0 Å². The Morgan fingerprint density at radius 3 is 2.38 bits per heavy atom. The van der Waals surface area contributed by atoms with Gasteiger partial charge in [0.05, 0.1) is 11.2 Å². The molecule has 2 aromatic carbocycles. The van der Waals surface area contributed by atoms with Crippen LogP contribution >= 0.6 is 0 Å². The summed E-state index contributed by atoms with van der Waals surface area (Å²) in [6.45, 7) is 0. The van der Waals surface area contributed by atoms with E-state index in [0.717, 1.165) is 17.5 Å². The highest BCUT2D eigenvalue weighted by molar-refractivity contribution is 5.99. The van der Waals surface area contributed by atoms with E-state index in [9.17, 15) is 22.4 Å². The molecule has 0 fully saturated rings. The van der Waals surface area contributed by atoms with Crippen LogP contribution in [0.4, 0.5) is 17.6 Å². The van der Waals surface area contributed by atoms with Crippen molar-refractivity contribution in [2.24, 2.45) is 0 Å². The van der Waals surface area contributed by atoms with E-state index in [-0.39, 0.29) is 17.9 Å². The molecule has 0 saturated heterocycles. The summed E-state index contributed by atoms with van der Waals surface area (Å²) in [6.07, 6.45) is -1.94. The van der Waals surface area contributed by atoms with Gasteiger partial charge in [0.25, 0.3) is 0 Å². The second-order valence-corrected chi connectivity index (χ2v) is 7.08. The molecule has 0 aliphatic heterocycles. The largest absolute Gasteiger partial charge is 0.573 e. The van der Waals surface area contributed by atoms with Gasteiger partial charge in [-0.3, -0.25) is 14.8 Å². The number of rotatable bonds is 6. The van der Waals surface area contributed by atoms with Crippen LogP contribution in [0, 0.1) is 5.82 Å². The van der Waals surface area contributed by atoms with Crippen molar-refractivity contribution in [2.75, 3.05) is 0 Å². The van der Waals surface area contributed by atoms with Gasteiger partial charge < -0.3 is 4.74 Å². The highest BCUT2D eigenvalue weighted by atomic mass is 19.4. The van der Waals surface area contributed by atoms with Crippen molar-refractivity contribution in [3.63, 3.8) is 0 Å². The second-order valence-electron chi connectivity index (χ2n) is 7.08. The first-order chi connectivity index (χ1) is 15.3. The third-order valence-electron chi connectivity index (χ3n) is 4.95. The van der Waals surface area contributed by atoms with Crippen molar-refractivity contribution < 1.29 is 27.1 Å². The standard InChI is InChI=1S/C24H16F4N2O2/c25-20-4-2-12-30-23(20)19(15-7-9-18(10-8-15)32-24(26,27)28)14-22(31)17-6-5-16-3-1-11-29-21(16)13-17/h1-13,19H,14H2/t19-/m0/s1. The first-order valence-corrected chi connectivity index (χ1v) is 9.64. The highest BCUT2D eigenvalue weighted by Crippen LogP contribution is 2.32. The summed E-state index contributed by atoms with van der Waals surface area (Å²) >= 11 is 0. The number of carbonyl (C=O) groups is 1. The number of halogens is 4. The van der Waals surface area contributed by atoms with Crippen LogP contribution in [0.15, 0.2) is 79.1 Å². The number of ketones is 1. The maximum atomic E-state index is 14.5. The predicted molar refractivity (Wildman–Crippen MR) is 110 cm³/mol. The summed E-state index contributed by atoms with van der Waals surface area (Å²) in [5, 5.41) is 0.872. The Kier molecular flexibility index (Phi) is 5.85. The van der Waals surface area contributed by atoms with Crippen LogP contribution in [0.3, 0.4) is 0 Å². The molecule has 0 N–H and O–H groups in total. The van der Waals surface area contributed by atoms with Gasteiger partial charge in [0.1, 0.15) is 11.6 Å². The SMILES string of the molecule is O=C(C[C@@H](c1ccc(OC(F)(F)F)cc1)c1ncccc1F)c1ccc2cccnc2c1. The highest BCUT2D eigenvalue weighted by Gasteiger charge is 2.31. The third-order valence-corrected chi connectivity index (χ3v) is 4.95. The van der Waals surface area contributed by atoms with Crippen molar-refractivity contribution in [2.45, 2.75) is 18.7 Å². The molecule has 0 spiro atoms. The van der Waals surface area contributed by atoms with Crippen molar-refractivity contribution in [1.29, 1.82) is 0 Å². The van der Waals surface area contributed by atoms with Gasteiger partial charge >= 0.3 is 6.36 Å². The van der Waals surface area contributed by atoms with Gasteiger partial charge in [-0.1, -0.05) is 30.3 Å². The van der Waals surface area contributed by atoms with Crippen LogP contribution in [-0.4, -0.2) is 22.1 Å². The number of aromatic nitrogens is 2. The second kappa shape index (κ2) is 8.74. The van der Waals surface area contributed by atoms with Crippen molar-refractivity contribution >= 4 is 16.7 Å². The smallest absolute Gasteiger partial charge is 0.406 e. The lowest BCUT2D eigenvalue weighted by Gasteiger charge is -2.18. The number of fused-ring (bicyclic) bond motifs is 1. The summed E-state index contributed by atoms with van der Waals surface area (Å²) in [6, 6.07) is 16.4. The van der Waals surface area contributed by atoms with Crippen LogP contribution in [0.25, 0.3) is 10.9 Å². The van der Waals surface area contributed by atoms with E-state index in [1.54, 1.807) is 30.5 Å². The molecule has 0 unspecified atom stereocenters. The van der Waals surface area contributed by atoms with Gasteiger partial charge in [-0.15, -0.1) is 13.2 Å². The number of ether oxygens (including phenoxy) is 1. The number of carbonyl (C=O) groups excluding carboxylic acids is 1. The summed E-state index contributed by atoms with van der Waals surface area (Å²) in [7, 11) is 0. The quantitative estimate of drug-likeness (QED) is 0.270. The number of benzene rings is 2. The molecule has 4 rings (SSSR count). The lowest BCUT2D eigenvalue weighted by Crippen LogP contribution is -2.17. The zero-order valence-electron chi connectivity index (χ0n) is 16.5. The molecule has 0 amide bonds. The fourth-order valence-electron chi connectivity index (χ4n) is 3.47. The molecule has 2 aromatic heterocycles. The molecule has 32 heavy (non-hydrogen) atoms. The Morgan fingerprint density at radius 1 is 0.938 bits per heavy atom. The maximum absolute atomic E-state index is 14.5. The predicted octanol–water partition coefficient (Wildman–Crippen LogP) is 6.07. The van der Waals surface area contributed by atoms with E-state index in [1.807, 2.05) is 6.07 Å². The molecule has 0 saturated carbocycles. The topological polar surface area (TPSA) is 52.1 Å². The molecular weight excluding hydrogens is 424 g/mol. The lowest BCUT2D eigenvalue weighted by atomic mass is 9.88. The van der Waals surface area contributed by atoms with Crippen LogP contribution in [0.5, 0.6) is 5.75 Å². The maximum Gasteiger partial charge on any atom is 0.573 e. The summed E-state index contributed by atoms with van der Waals surface area (Å²) in [5.74, 6) is -2.10. The number of Topliss-reactive ketones (excluding diaryl/α,β-unsaturated/α-hetero) is 1. The minimum absolute atomic E-state index is 0.0317. The molecule has 4 aromatic rings. The van der Waals surface area contributed by atoms with Crippen molar-refractivity contribution in [3.05, 3.63) is 102 Å². The van der Waals surface area contributed by atoms with Gasteiger partial charge in [-0.25, -0.2) is 4.39 Å². The average molecular weight is 440 g/mol. The van der Waals surface area contributed by atoms with Crippen LogP contribution in [-0.2, 0) is 0 Å². The first kappa shape index (κ1) is 21.4. The van der Waals surface area contributed by atoms with E-state index >= 15 is 0 Å². The monoisotopic (exact) mass is 440 g/mol. The minimum atomic E-state index is -4.83. The molecule has 162 valence electrons. The van der Waals surface area contributed by atoms with Crippen LogP contribution < -0.4 is 4.74 Å². The van der Waals surface area contributed by atoms with Crippen LogP contribution in [0.1, 0.15) is 34.0 Å². The van der Waals surface area contributed by atoms with E-state index in [0.29, 0.717) is 16.6 Å². The van der Waals surface area contributed by atoms with E-state index in [1.165, 1.54) is 30.5 Å². The van der Waals surface area contributed by atoms with Crippen LogP contribution in [0.2, 0.25) is 0 Å². The summed E-state index contributed by atoms with van der Waals surface area (Å²) < 4.78 is 55.8. The molecule has 0 bridgehead atoms. The molecular formula is C24H16F4N2O2. The fourth-order valence-corrected chi connectivity index (χ4v) is 3.47. The molecule has 1 atom stereocenters. The number of hydrogen-bond acceptors (Lipinski definition) is 4. The number of hydrogen-bond donors (Lipinski definition) is 0. The van der Waals surface area contributed by atoms with Crippen molar-refractivity contribution in [1.82, 2.24) is 9.97 Å². The molecule has 0 radical (unpaired) electrons. The van der Waals surface area contributed by atoms with Gasteiger partial charge in [0.15, 0.2) is 5.78 Å². The Hall–Kier alpha value is -3.81. The Bertz CT molecular complexity index is 1260. The van der Waals surface area contributed by atoms with E-state index in [2.05, 4.69) is 14.7 Å². The third kappa shape index (κ3) is 4.91.